The topological polar surface area (TPSA) is 55.2 Å². The Morgan fingerprint density at radius 1 is 1.05 bits per heavy atom. The second-order valence-corrected chi connectivity index (χ2v) is 4.60. The Kier molecular flexibility index (Phi) is 4.47. The molecule has 0 aliphatic heterocycles. The average molecular weight is 258 g/mol. The van der Waals surface area contributed by atoms with E-state index in [1.807, 2.05) is 0 Å². The van der Waals surface area contributed by atoms with Gasteiger partial charge in [-0.1, -0.05) is 38.1 Å². The zero-order valence-corrected chi connectivity index (χ0v) is 11.2. The highest BCUT2D eigenvalue weighted by Gasteiger charge is 2.03. The number of aliphatic hydroxyl groups excluding tert-OH is 1. The van der Waals surface area contributed by atoms with E-state index in [0.29, 0.717) is 5.92 Å². The first kappa shape index (κ1) is 13.5. The van der Waals surface area contributed by atoms with Crippen LogP contribution in [0.5, 0.6) is 6.01 Å². The second-order valence-electron chi connectivity index (χ2n) is 4.60. The summed E-state index contributed by atoms with van der Waals surface area (Å²) >= 11 is 0. The molecule has 0 saturated carbocycles. The third kappa shape index (κ3) is 3.51. The summed E-state index contributed by atoms with van der Waals surface area (Å²) < 4.78 is 5.12. The summed E-state index contributed by atoms with van der Waals surface area (Å²) in [4.78, 5) is 8.21. The smallest absolute Gasteiger partial charge is 0.316 e. The van der Waals surface area contributed by atoms with Crippen molar-refractivity contribution in [2.45, 2.75) is 19.8 Å². The van der Waals surface area contributed by atoms with Gasteiger partial charge in [0.25, 0.3) is 0 Å². The second kappa shape index (κ2) is 6.29. The molecule has 0 radical (unpaired) electrons. The van der Waals surface area contributed by atoms with E-state index < -0.39 is 0 Å². The van der Waals surface area contributed by atoms with Crippen molar-refractivity contribution in [3.05, 3.63) is 42.2 Å². The fourth-order valence-corrected chi connectivity index (χ4v) is 1.74. The van der Waals surface area contributed by atoms with Gasteiger partial charge in [-0.2, -0.15) is 0 Å². The van der Waals surface area contributed by atoms with Gasteiger partial charge in [0.05, 0.1) is 6.61 Å². The molecule has 2 rings (SSSR count). The summed E-state index contributed by atoms with van der Waals surface area (Å²) in [6, 6.07) is 8.67. The zero-order valence-electron chi connectivity index (χ0n) is 11.2. The predicted molar refractivity (Wildman–Crippen MR) is 74.1 cm³/mol. The minimum atomic E-state index is -0.0399. The van der Waals surface area contributed by atoms with Gasteiger partial charge in [0.2, 0.25) is 0 Å². The molecular weight excluding hydrogens is 240 g/mol. The van der Waals surface area contributed by atoms with Crippen molar-refractivity contribution in [2.24, 2.45) is 0 Å². The lowest BCUT2D eigenvalue weighted by Gasteiger charge is -2.07. The monoisotopic (exact) mass is 258 g/mol. The molecule has 0 atom stereocenters. The zero-order chi connectivity index (χ0) is 13.7. The Balaban J connectivity index is 2.13. The molecule has 0 unspecified atom stereocenters. The summed E-state index contributed by atoms with van der Waals surface area (Å²) in [5, 5.41) is 8.65. The van der Waals surface area contributed by atoms with Gasteiger partial charge in [0.15, 0.2) is 0 Å². The maximum atomic E-state index is 8.65. The number of aliphatic hydroxyl groups is 1. The van der Waals surface area contributed by atoms with Crippen LogP contribution in [0.3, 0.4) is 0 Å². The lowest BCUT2D eigenvalue weighted by atomic mass is 10.00. The summed E-state index contributed by atoms with van der Waals surface area (Å²) in [5.74, 6) is 0.527. The van der Waals surface area contributed by atoms with E-state index in [1.54, 1.807) is 12.4 Å². The molecule has 1 heterocycles. The molecule has 0 bridgehead atoms. The highest BCUT2D eigenvalue weighted by molar-refractivity contribution is 5.61. The van der Waals surface area contributed by atoms with Crippen LogP contribution in [0.25, 0.3) is 11.1 Å². The normalized spacial score (nSPS) is 10.7. The lowest BCUT2D eigenvalue weighted by molar-refractivity contribution is 0.191. The van der Waals surface area contributed by atoms with Crippen molar-refractivity contribution >= 4 is 0 Å². The van der Waals surface area contributed by atoms with Gasteiger partial charge in [-0.3, -0.25) is 0 Å². The Labute approximate surface area is 113 Å². The quantitative estimate of drug-likeness (QED) is 0.895. The third-order valence-electron chi connectivity index (χ3n) is 2.86. The van der Waals surface area contributed by atoms with Crippen LogP contribution in [0.15, 0.2) is 36.7 Å². The number of benzene rings is 1. The van der Waals surface area contributed by atoms with E-state index in [0.717, 1.165) is 11.1 Å². The van der Waals surface area contributed by atoms with Crippen LogP contribution in [-0.4, -0.2) is 28.3 Å². The highest BCUT2D eigenvalue weighted by atomic mass is 16.5. The van der Waals surface area contributed by atoms with Crippen molar-refractivity contribution in [1.29, 1.82) is 0 Å². The number of hydrogen-bond donors (Lipinski definition) is 1. The number of hydrogen-bond acceptors (Lipinski definition) is 4. The summed E-state index contributed by atoms with van der Waals surface area (Å²) in [6.07, 6.45) is 3.45. The van der Waals surface area contributed by atoms with Crippen LogP contribution >= 0.6 is 0 Å². The average Bonchev–Trinajstić information content (AvgIpc) is 2.46. The minimum Gasteiger partial charge on any atom is -0.461 e. The Morgan fingerprint density at radius 2 is 1.68 bits per heavy atom. The molecule has 0 fully saturated rings. The number of nitrogens with zero attached hydrogens (tertiary/aromatic N) is 2. The van der Waals surface area contributed by atoms with Crippen LogP contribution in [0.1, 0.15) is 25.3 Å². The summed E-state index contributed by atoms with van der Waals surface area (Å²) in [6.45, 7) is 4.51. The standard InChI is InChI=1S/C15H18N2O2/c1-11(2)12-3-5-13(6-4-12)14-9-16-15(17-10-14)19-8-7-18/h3-6,9-11,18H,7-8H2,1-2H3. The van der Waals surface area contributed by atoms with Crippen molar-refractivity contribution in [1.82, 2.24) is 9.97 Å². The molecule has 4 nitrogen and oxygen atoms in total. The van der Waals surface area contributed by atoms with Gasteiger partial charge in [-0.25, -0.2) is 9.97 Å². The van der Waals surface area contributed by atoms with Crippen molar-refractivity contribution in [3.8, 4) is 17.1 Å². The van der Waals surface area contributed by atoms with Gasteiger partial charge in [0.1, 0.15) is 6.61 Å². The van der Waals surface area contributed by atoms with Crippen LogP contribution in [0, 0.1) is 0 Å². The Bertz CT molecular complexity index is 507. The number of ether oxygens (including phenoxy) is 1. The van der Waals surface area contributed by atoms with Gasteiger partial charge in [-0.05, 0) is 17.0 Å². The molecule has 0 spiro atoms. The Hall–Kier alpha value is -1.94. The van der Waals surface area contributed by atoms with E-state index in [4.69, 9.17) is 9.84 Å². The minimum absolute atomic E-state index is 0.0399. The van der Waals surface area contributed by atoms with E-state index in [1.165, 1.54) is 5.56 Å². The molecule has 0 amide bonds. The van der Waals surface area contributed by atoms with Crippen molar-refractivity contribution in [2.75, 3.05) is 13.2 Å². The molecule has 0 saturated heterocycles. The third-order valence-corrected chi connectivity index (χ3v) is 2.86. The van der Waals surface area contributed by atoms with Crippen LogP contribution in [-0.2, 0) is 0 Å². The summed E-state index contributed by atoms with van der Waals surface area (Å²) in [7, 11) is 0. The van der Waals surface area contributed by atoms with Gasteiger partial charge < -0.3 is 9.84 Å². The fourth-order valence-electron chi connectivity index (χ4n) is 1.74. The molecule has 0 aliphatic rings. The maximum Gasteiger partial charge on any atom is 0.316 e. The highest BCUT2D eigenvalue weighted by Crippen LogP contribution is 2.22. The van der Waals surface area contributed by atoms with Crippen LogP contribution in [0.4, 0.5) is 0 Å². The van der Waals surface area contributed by atoms with Crippen LogP contribution < -0.4 is 4.74 Å². The number of aromatic nitrogens is 2. The first-order valence-corrected chi connectivity index (χ1v) is 6.36. The predicted octanol–water partition coefficient (Wildman–Crippen LogP) is 2.64. The van der Waals surface area contributed by atoms with Gasteiger partial charge in [-0.15, -0.1) is 0 Å². The first-order valence-electron chi connectivity index (χ1n) is 6.36. The molecular formula is C15H18N2O2. The van der Waals surface area contributed by atoms with Gasteiger partial charge >= 0.3 is 6.01 Å². The molecule has 100 valence electrons. The van der Waals surface area contributed by atoms with E-state index >= 15 is 0 Å². The van der Waals surface area contributed by atoms with Crippen molar-refractivity contribution in [3.63, 3.8) is 0 Å². The van der Waals surface area contributed by atoms with E-state index in [2.05, 4.69) is 48.1 Å². The van der Waals surface area contributed by atoms with Gasteiger partial charge in [0, 0.05) is 18.0 Å². The molecule has 4 heteroatoms. The molecule has 1 aromatic carbocycles. The molecule has 1 aromatic heterocycles. The molecule has 2 aromatic rings. The molecule has 0 aliphatic carbocycles. The largest absolute Gasteiger partial charge is 0.461 e. The SMILES string of the molecule is CC(C)c1ccc(-c2cnc(OCCO)nc2)cc1. The maximum absolute atomic E-state index is 8.65. The molecule has 19 heavy (non-hydrogen) atoms. The number of rotatable bonds is 5. The van der Waals surface area contributed by atoms with E-state index in [9.17, 15) is 0 Å². The Morgan fingerprint density at radius 3 is 2.21 bits per heavy atom. The fraction of sp³-hybridized carbons (Fsp3) is 0.333. The lowest BCUT2D eigenvalue weighted by Crippen LogP contribution is -2.04. The van der Waals surface area contributed by atoms with Crippen molar-refractivity contribution < 1.29 is 9.84 Å². The van der Waals surface area contributed by atoms with E-state index in [-0.39, 0.29) is 19.2 Å². The molecule has 1 N–H and O–H groups in total. The first-order chi connectivity index (χ1) is 9.20. The summed E-state index contributed by atoms with van der Waals surface area (Å²) in [5.41, 5.74) is 3.34. The van der Waals surface area contributed by atoms with Crippen LogP contribution in [0.2, 0.25) is 0 Å².